The van der Waals surface area contributed by atoms with Crippen LogP contribution in [0.3, 0.4) is 0 Å². The number of aryl methyl sites for hydroxylation is 1. The van der Waals surface area contributed by atoms with Crippen molar-refractivity contribution >= 4 is 0 Å². The van der Waals surface area contributed by atoms with Gasteiger partial charge in [0.25, 0.3) is 0 Å². The molecule has 0 saturated heterocycles. The lowest BCUT2D eigenvalue weighted by Gasteiger charge is -2.23. The predicted octanol–water partition coefficient (Wildman–Crippen LogP) is 6.98. The highest BCUT2D eigenvalue weighted by molar-refractivity contribution is 5.69. The summed E-state index contributed by atoms with van der Waals surface area (Å²) in [4.78, 5) is 0. The van der Waals surface area contributed by atoms with Crippen molar-refractivity contribution in [2.24, 2.45) is 0 Å². The van der Waals surface area contributed by atoms with Crippen LogP contribution < -0.4 is 9.47 Å². The molecule has 0 atom stereocenters. The molecule has 0 spiro atoms. The van der Waals surface area contributed by atoms with Crippen molar-refractivity contribution in [3.8, 4) is 28.4 Å². The van der Waals surface area contributed by atoms with Gasteiger partial charge in [-0.25, -0.2) is 4.39 Å². The predicted molar refractivity (Wildman–Crippen MR) is 111 cm³/mol. The van der Waals surface area contributed by atoms with Gasteiger partial charge in [-0.15, -0.1) is 6.58 Å². The first-order valence-corrected chi connectivity index (χ1v) is 9.86. The number of hydrogen-bond acceptors (Lipinski definition) is 2. The van der Waals surface area contributed by atoms with Crippen LogP contribution in [0.1, 0.15) is 30.0 Å². The van der Waals surface area contributed by atoms with E-state index in [-0.39, 0.29) is 30.3 Å². The zero-order valence-corrected chi connectivity index (χ0v) is 16.6. The first-order valence-electron chi connectivity index (χ1n) is 9.86. The minimum atomic E-state index is -1.17. The summed E-state index contributed by atoms with van der Waals surface area (Å²) in [7, 11) is 0. The van der Waals surface area contributed by atoms with Crippen LogP contribution in [-0.2, 0) is 12.8 Å². The molecule has 3 aromatic carbocycles. The molecule has 2 nitrogen and oxygen atoms in total. The molecule has 0 aromatic heterocycles. The SMILES string of the molecule is C=CCCc1ccc(-c2ccc3c(c2F)Oc2c(cc(OCC)c(F)c2F)C3)cc1. The van der Waals surface area contributed by atoms with Crippen molar-refractivity contribution in [3.05, 3.63) is 89.3 Å². The fraction of sp³-hybridized carbons (Fsp3) is 0.200. The first kappa shape index (κ1) is 20.1. The summed E-state index contributed by atoms with van der Waals surface area (Å²) in [6.07, 6.45) is 3.81. The number of halogens is 3. The second-order valence-electron chi connectivity index (χ2n) is 7.14. The fourth-order valence-electron chi connectivity index (χ4n) is 3.63. The third-order valence-corrected chi connectivity index (χ3v) is 5.17. The maximum atomic E-state index is 15.3. The van der Waals surface area contributed by atoms with Crippen LogP contribution >= 0.6 is 0 Å². The Labute approximate surface area is 173 Å². The average Bonchev–Trinajstić information content (AvgIpc) is 2.76. The summed E-state index contributed by atoms with van der Waals surface area (Å²) in [5, 5.41) is 0. The third-order valence-electron chi connectivity index (χ3n) is 5.17. The van der Waals surface area contributed by atoms with E-state index in [1.807, 2.05) is 30.3 Å². The van der Waals surface area contributed by atoms with Crippen LogP contribution in [-0.4, -0.2) is 6.61 Å². The largest absolute Gasteiger partial charge is 0.491 e. The van der Waals surface area contributed by atoms with Crippen LogP contribution in [0.15, 0.2) is 55.1 Å². The number of rotatable bonds is 6. The zero-order valence-electron chi connectivity index (χ0n) is 16.6. The molecule has 0 amide bonds. The quantitative estimate of drug-likeness (QED) is 0.319. The van der Waals surface area contributed by atoms with Gasteiger partial charge in [0.15, 0.2) is 23.1 Å². The lowest BCUT2D eigenvalue weighted by molar-refractivity contribution is 0.306. The van der Waals surface area contributed by atoms with Crippen LogP contribution in [0.25, 0.3) is 11.1 Å². The molecular formula is C25H21F3O2. The third kappa shape index (κ3) is 3.56. The van der Waals surface area contributed by atoms with Gasteiger partial charge >= 0.3 is 0 Å². The van der Waals surface area contributed by atoms with Crippen molar-refractivity contribution in [1.29, 1.82) is 0 Å². The van der Waals surface area contributed by atoms with E-state index in [1.54, 1.807) is 19.1 Å². The Kier molecular flexibility index (Phi) is 5.53. The van der Waals surface area contributed by atoms with Gasteiger partial charge < -0.3 is 9.47 Å². The van der Waals surface area contributed by atoms with E-state index in [0.717, 1.165) is 18.4 Å². The second kappa shape index (κ2) is 8.27. The summed E-state index contributed by atoms with van der Waals surface area (Å²) in [5.74, 6) is -3.43. The Morgan fingerprint density at radius 3 is 2.40 bits per heavy atom. The topological polar surface area (TPSA) is 18.5 Å². The smallest absolute Gasteiger partial charge is 0.205 e. The molecule has 154 valence electrons. The molecule has 5 heteroatoms. The Morgan fingerprint density at radius 2 is 1.70 bits per heavy atom. The van der Waals surface area contributed by atoms with Gasteiger partial charge in [-0.1, -0.05) is 42.5 Å². The molecule has 0 unspecified atom stereocenters. The Hall–Kier alpha value is -3.21. The molecule has 4 rings (SSSR count). The van der Waals surface area contributed by atoms with E-state index in [9.17, 15) is 8.78 Å². The van der Waals surface area contributed by atoms with Gasteiger partial charge in [-0.05, 0) is 37.0 Å². The molecule has 0 aliphatic carbocycles. The van der Waals surface area contributed by atoms with Crippen molar-refractivity contribution in [2.45, 2.75) is 26.2 Å². The van der Waals surface area contributed by atoms with E-state index in [2.05, 4.69) is 6.58 Å². The molecule has 0 bridgehead atoms. The second-order valence-corrected chi connectivity index (χ2v) is 7.14. The molecule has 1 aliphatic rings. The lowest BCUT2D eigenvalue weighted by atomic mass is 9.95. The highest BCUT2D eigenvalue weighted by atomic mass is 19.2. The minimum Gasteiger partial charge on any atom is -0.491 e. The van der Waals surface area contributed by atoms with Crippen LogP contribution in [0, 0.1) is 17.5 Å². The lowest BCUT2D eigenvalue weighted by Crippen LogP contribution is -2.10. The van der Waals surface area contributed by atoms with Crippen molar-refractivity contribution in [2.75, 3.05) is 6.61 Å². The summed E-state index contributed by atoms with van der Waals surface area (Å²) < 4.78 is 54.8. The molecule has 1 heterocycles. The normalized spacial score (nSPS) is 12.0. The molecule has 0 N–H and O–H groups in total. The van der Waals surface area contributed by atoms with Crippen LogP contribution in [0.4, 0.5) is 13.2 Å². The first-order chi connectivity index (χ1) is 14.5. The summed E-state index contributed by atoms with van der Waals surface area (Å²) in [5.41, 5.74) is 3.15. The summed E-state index contributed by atoms with van der Waals surface area (Å²) >= 11 is 0. The van der Waals surface area contributed by atoms with E-state index in [0.29, 0.717) is 22.3 Å². The maximum Gasteiger partial charge on any atom is 0.205 e. The van der Waals surface area contributed by atoms with Crippen molar-refractivity contribution in [1.82, 2.24) is 0 Å². The molecule has 1 aliphatic heterocycles. The van der Waals surface area contributed by atoms with E-state index >= 15 is 4.39 Å². The Morgan fingerprint density at radius 1 is 0.967 bits per heavy atom. The maximum absolute atomic E-state index is 15.3. The number of ether oxygens (including phenoxy) is 2. The van der Waals surface area contributed by atoms with Gasteiger partial charge in [0.2, 0.25) is 11.6 Å². The molecule has 30 heavy (non-hydrogen) atoms. The Balaban J connectivity index is 1.69. The van der Waals surface area contributed by atoms with Gasteiger partial charge in [0.05, 0.1) is 6.61 Å². The molecule has 0 saturated carbocycles. The van der Waals surface area contributed by atoms with Gasteiger partial charge in [-0.2, -0.15) is 8.78 Å². The number of benzene rings is 3. The van der Waals surface area contributed by atoms with E-state index < -0.39 is 17.5 Å². The molecule has 3 aromatic rings. The van der Waals surface area contributed by atoms with E-state index in [1.165, 1.54) is 6.07 Å². The highest BCUT2D eigenvalue weighted by Gasteiger charge is 2.29. The monoisotopic (exact) mass is 410 g/mol. The van der Waals surface area contributed by atoms with E-state index in [4.69, 9.17) is 9.47 Å². The zero-order chi connectivity index (χ0) is 21.3. The van der Waals surface area contributed by atoms with Gasteiger partial charge in [0.1, 0.15) is 0 Å². The van der Waals surface area contributed by atoms with Crippen molar-refractivity contribution < 1.29 is 22.6 Å². The fourth-order valence-corrected chi connectivity index (χ4v) is 3.63. The summed E-state index contributed by atoms with van der Waals surface area (Å²) in [6.45, 7) is 5.61. The summed E-state index contributed by atoms with van der Waals surface area (Å²) in [6, 6.07) is 12.4. The number of fused-ring (bicyclic) bond motifs is 2. The standard InChI is InChI=1S/C25H21F3O2/c1-3-5-6-15-7-9-16(10-8-15)19-12-11-17-13-18-14-20(29-4-2)22(27)23(28)25(18)30-24(17)21(19)26/h3,7-12,14H,1,4-6,13H2,2H3. The van der Waals surface area contributed by atoms with Gasteiger partial charge in [-0.3, -0.25) is 0 Å². The number of hydrogen-bond donors (Lipinski definition) is 0. The highest BCUT2D eigenvalue weighted by Crippen LogP contribution is 2.44. The number of allylic oxidation sites excluding steroid dienone is 1. The average molecular weight is 410 g/mol. The van der Waals surface area contributed by atoms with Crippen molar-refractivity contribution in [3.63, 3.8) is 0 Å². The Bertz CT molecular complexity index is 1100. The van der Waals surface area contributed by atoms with Crippen LogP contribution in [0.5, 0.6) is 17.2 Å². The molecular weight excluding hydrogens is 389 g/mol. The minimum absolute atomic E-state index is 0.0711. The molecule has 0 fully saturated rings. The van der Waals surface area contributed by atoms with Gasteiger partial charge in [0, 0.05) is 23.1 Å². The molecule has 0 radical (unpaired) electrons. The van der Waals surface area contributed by atoms with Crippen LogP contribution in [0.2, 0.25) is 0 Å².